The smallest absolute Gasteiger partial charge is 0.254 e. The summed E-state index contributed by atoms with van der Waals surface area (Å²) in [5.74, 6) is -1.99. The monoisotopic (exact) mass is 304 g/mol. The fraction of sp³-hybridized carbons (Fsp3) is 0.235. The van der Waals surface area contributed by atoms with Crippen molar-refractivity contribution < 1.29 is 13.6 Å². The Bertz CT molecular complexity index is 646. The lowest BCUT2D eigenvalue weighted by Crippen LogP contribution is -2.40. The van der Waals surface area contributed by atoms with Crippen LogP contribution in [-0.4, -0.2) is 25.5 Å². The predicted octanol–water partition coefficient (Wildman–Crippen LogP) is 3.22. The summed E-state index contributed by atoms with van der Waals surface area (Å²) in [6, 6.07) is 12.5. The molecule has 5 heteroatoms. The van der Waals surface area contributed by atoms with E-state index in [1.165, 1.54) is 0 Å². The number of amides is 1. The van der Waals surface area contributed by atoms with Crippen LogP contribution in [0, 0.1) is 11.6 Å². The predicted molar refractivity (Wildman–Crippen MR) is 83.0 cm³/mol. The molecule has 1 N–H and O–H groups in total. The second kappa shape index (κ2) is 7.02. The van der Waals surface area contributed by atoms with Crippen LogP contribution in [0.4, 0.5) is 14.5 Å². The van der Waals surface area contributed by atoms with Crippen LogP contribution in [0.5, 0.6) is 0 Å². The van der Waals surface area contributed by atoms with E-state index in [1.807, 2.05) is 49.2 Å². The zero-order valence-electron chi connectivity index (χ0n) is 12.5. The first-order chi connectivity index (χ1) is 10.5. The lowest BCUT2D eigenvalue weighted by atomic mass is 10.2. The van der Waals surface area contributed by atoms with Crippen molar-refractivity contribution in [2.45, 2.75) is 13.0 Å². The van der Waals surface area contributed by atoms with Gasteiger partial charge in [0.1, 0.15) is 11.6 Å². The Kier molecular flexibility index (Phi) is 5.09. The van der Waals surface area contributed by atoms with E-state index in [0.29, 0.717) is 6.54 Å². The van der Waals surface area contributed by atoms with Crippen molar-refractivity contribution in [1.29, 1.82) is 0 Å². The second-order valence-corrected chi connectivity index (χ2v) is 5.13. The van der Waals surface area contributed by atoms with Gasteiger partial charge in [-0.15, -0.1) is 0 Å². The number of nitrogens with one attached hydrogen (secondary N) is 1. The maximum absolute atomic E-state index is 13.5. The Balaban J connectivity index is 1.97. The van der Waals surface area contributed by atoms with Crippen molar-refractivity contribution in [2.75, 3.05) is 18.5 Å². The van der Waals surface area contributed by atoms with Crippen LogP contribution in [0.1, 0.15) is 17.3 Å². The van der Waals surface area contributed by atoms with E-state index < -0.39 is 17.5 Å². The highest BCUT2D eigenvalue weighted by atomic mass is 19.1. The summed E-state index contributed by atoms with van der Waals surface area (Å²) < 4.78 is 26.6. The zero-order chi connectivity index (χ0) is 16.1. The molecule has 0 fully saturated rings. The summed E-state index contributed by atoms with van der Waals surface area (Å²) >= 11 is 0. The third kappa shape index (κ3) is 3.81. The maximum atomic E-state index is 13.5. The quantitative estimate of drug-likeness (QED) is 0.920. The Hall–Kier alpha value is -2.43. The fourth-order valence-corrected chi connectivity index (χ4v) is 2.06. The van der Waals surface area contributed by atoms with Crippen LogP contribution in [0.25, 0.3) is 0 Å². The molecule has 0 heterocycles. The highest BCUT2D eigenvalue weighted by Crippen LogP contribution is 2.14. The second-order valence-electron chi connectivity index (χ2n) is 5.13. The van der Waals surface area contributed by atoms with Crippen molar-refractivity contribution in [3.8, 4) is 0 Å². The van der Waals surface area contributed by atoms with Gasteiger partial charge in [0, 0.05) is 25.3 Å². The first-order valence-corrected chi connectivity index (χ1v) is 7.00. The van der Waals surface area contributed by atoms with Gasteiger partial charge in [-0.3, -0.25) is 4.79 Å². The molecule has 116 valence electrons. The Morgan fingerprint density at radius 2 is 1.86 bits per heavy atom. The van der Waals surface area contributed by atoms with E-state index in [0.717, 1.165) is 23.9 Å². The molecule has 0 radical (unpaired) electrons. The van der Waals surface area contributed by atoms with Crippen LogP contribution in [0.15, 0.2) is 48.5 Å². The summed E-state index contributed by atoms with van der Waals surface area (Å²) in [4.78, 5) is 13.9. The van der Waals surface area contributed by atoms with Crippen molar-refractivity contribution >= 4 is 11.6 Å². The molecule has 0 saturated carbocycles. The molecule has 0 unspecified atom stereocenters. The molecule has 0 aliphatic heterocycles. The van der Waals surface area contributed by atoms with Gasteiger partial charge in [-0.2, -0.15) is 0 Å². The first kappa shape index (κ1) is 15.9. The van der Waals surface area contributed by atoms with E-state index in [1.54, 1.807) is 0 Å². The Morgan fingerprint density at radius 1 is 1.18 bits per heavy atom. The zero-order valence-corrected chi connectivity index (χ0v) is 12.5. The van der Waals surface area contributed by atoms with Gasteiger partial charge in [-0.1, -0.05) is 18.2 Å². The number of anilines is 1. The molecule has 2 aromatic carbocycles. The van der Waals surface area contributed by atoms with Crippen LogP contribution in [-0.2, 0) is 0 Å². The summed E-state index contributed by atoms with van der Waals surface area (Å²) in [5.41, 5.74) is 0.732. The SMILES string of the molecule is C[C@H](CNC(=O)c1cc(F)ccc1F)N(C)c1ccccc1. The van der Waals surface area contributed by atoms with Gasteiger partial charge in [-0.25, -0.2) is 8.78 Å². The molecule has 1 amide bonds. The van der Waals surface area contributed by atoms with Crippen molar-refractivity contribution in [2.24, 2.45) is 0 Å². The topological polar surface area (TPSA) is 32.3 Å². The van der Waals surface area contributed by atoms with Gasteiger partial charge in [0.15, 0.2) is 0 Å². The minimum Gasteiger partial charge on any atom is -0.370 e. The number of hydrogen-bond donors (Lipinski definition) is 1. The number of rotatable bonds is 5. The summed E-state index contributed by atoms with van der Waals surface area (Å²) in [6.07, 6.45) is 0. The lowest BCUT2D eigenvalue weighted by molar-refractivity contribution is 0.0947. The molecule has 1 atom stereocenters. The van der Waals surface area contributed by atoms with Gasteiger partial charge in [-0.05, 0) is 37.3 Å². The van der Waals surface area contributed by atoms with Crippen LogP contribution in [0.2, 0.25) is 0 Å². The lowest BCUT2D eigenvalue weighted by Gasteiger charge is -2.27. The minimum absolute atomic E-state index is 0.00275. The van der Waals surface area contributed by atoms with Crippen molar-refractivity contribution in [3.05, 3.63) is 65.7 Å². The molecule has 0 saturated heterocycles. The summed E-state index contributed by atoms with van der Waals surface area (Å²) in [7, 11) is 1.91. The summed E-state index contributed by atoms with van der Waals surface area (Å²) in [5, 5.41) is 2.63. The third-order valence-electron chi connectivity index (χ3n) is 3.56. The molecule has 0 spiro atoms. The van der Waals surface area contributed by atoms with E-state index in [9.17, 15) is 13.6 Å². The van der Waals surface area contributed by atoms with Gasteiger partial charge >= 0.3 is 0 Å². The average molecular weight is 304 g/mol. The van der Waals surface area contributed by atoms with E-state index in [2.05, 4.69) is 5.32 Å². The largest absolute Gasteiger partial charge is 0.370 e. The first-order valence-electron chi connectivity index (χ1n) is 7.00. The van der Waals surface area contributed by atoms with Gasteiger partial charge < -0.3 is 10.2 Å². The molecule has 0 aliphatic carbocycles. The number of carbonyl (C=O) groups is 1. The molecule has 0 aliphatic rings. The van der Waals surface area contributed by atoms with Crippen LogP contribution in [0.3, 0.4) is 0 Å². The Labute approximate surface area is 128 Å². The summed E-state index contributed by atoms with van der Waals surface area (Å²) in [6.45, 7) is 2.26. The Morgan fingerprint density at radius 3 is 2.55 bits per heavy atom. The van der Waals surface area contributed by atoms with Gasteiger partial charge in [0.2, 0.25) is 0 Å². The number of carbonyl (C=O) groups excluding carboxylic acids is 1. The van der Waals surface area contributed by atoms with E-state index in [4.69, 9.17) is 0 Å². The minimum atomic E-state index is -0.733. The fourth-order valence-electron chi connectivity index (χ4n) is 2.06. The molecule has 3 nitrogen and oxygen atoms in total. The molecule has 0 aromatic heterocycles. The standard InChI is InChI=1S/C17H18F2N2O/c1-12(21(2)14-6-4-3-5-7-14)11-20-17(22)15-10-13(18)8-9-16(15)19/h3-10,12H,11H2,1-2H3,(H,20,22)/t12-/m1/s1. The molecule has 0 bridgehead atoms. The number of halogens is 2. The maximum Gasteiger partial charge on any atom is 0.254 e. The highest BCUT2D eigenvalue weighted by Gasteiger charge is 2.15. The highest BCUT2D eigenvalue weighted by molar-refractivity contribution is 5.94. The number of hydrogen-bond acceptors (Lipinski definition) is 2. The van der Waals surface area contributed by atoms with Gasteiger partial charge in [0.05, 0.1) is 5.56 Å². The van der Waals surface area contributed by atoms with E-state index >= 15 is 0 Å². The molecule has 2 rings (SSSR count). The van der Waals surface area contributed by atoms with Crippen LogP contribution >= 0.6 is 0 Å². The van der Waals surface area contributed by atoms with E-state index in [-0.39, 0.29) is 11.6 Å². The third-order valence-corrected chi connectivity index (χ3v) is 3.56. The molecular weight excluding hydrogens is 286 g/mol. The number of likely N-dealkylation sites (N-methyl/N-ethyl adjacent to an activating group) is 1. The van der Waals surface area contributed by atoms with Gasteiger partial charge in [0.25, 0.3) is 5.91 Å². The number of nitrogens with zero attached hydrogens (tertiary/aromatic N) is 1. The number of para-hydroxylation sites is 1. The molecule has 2 aromatic rings. The van der Waals surface area contributed by atoms with Crippen molar-refractivity contribution in [1.82, 2.24) is 5.32 Å². The number of benzene rings is 2. The normalized spacial score (nSPS) is 11.8. The molecule has 22 heavy (non-hydrogen) atoms. The molecular formula is C17H18F2N2O. The van der Waals surface area contributed by atoms with Crippen LogP contribution < -0.4 is 10.2 Å². The van der Waals surface area contributed by atoms with Crippen molar-refractivity contribution in [3.63, 3.8) is 0 Å². The average Bonchev–Trinajstić information content (AvgIpc) is 2.54.